The molecule has 6 heterocycles. The van der Waals surface area contributed by atoms with Crippen molar-refractivity contribution in [3.63, 3.8) is 0 Å². The van der Waals surface area contributed by atoms with Crippen LogP contribution in [0.5, 0.6) is 0 Å². The number of hydrogen-bond acceptors (Lipinski definition) is 12. The Morgan fingerprint density at radius 2 is 1.40 bits per heavy atom. The van der Waals surface area contributed by atoms with Crippen LogP contribution in [0.15, 0.2) is 48.9 Å². The van der Waals surface area contributed by atoms with E-state index in [1.807, 2.05) is 18.3 Å². The fraction of sp³-hybridized carbons (Fsp3) is 0.528. The summed E-state index contributed by atoms with van der Waals surface area (Å²) in [6.45, 7) is 4.05. The van der Waals surface area contributed by atoms with Gasteiger partial charge in [-0.2, -0.15) is 10.2 Å². The summed E-state index contributed by atoms with van der Waals surface area (Å²) >= 11 is 0. The average molecular weight is 681 g/mol. The van der Waals surface area contributed by atoms with E-state index < -0.39 is 4.92 Å². The van der Waals surface area contributed by atoms with Crippen molar-refractivity contribution in [3.8, 4) is 6.07 Å². The van der Waals surface area contributed by atoms with Gasteiger partial charge in [-0.15, -0.1) is 0 Å². The van der Waals surface area contributed by atoms with Crippen LogP contribution in [0.4, 0.5) is 29.0 Å². The molecule has 0 aromatic carbocycles. The van der Waals surface area contributed by atoms with E-state index in [0.29, 0.717) is 29.8 Å². The smallest absolute Gasteiger partial charge is 0.363 e. The second-order valence-electron chi connectivity index (χ2n) is 13.9. The van der Waals surface area contributed by atoms with E-state index in [1.54, 1.807) is 18.5 Å². The largest absolute Gasteiger partial charge is 0.370 e. The number of piperidine rings is 2. The maximum absolute atomic E-state index is 10.5. The molecule has 1 N–H and O–H groups in total. The van der Waals surface area contributed by atoms with Crippen LogP contribution in [0.1, 0.15) is 63.1 Å². The number of pyridine rings is 2. The number of nitro groups is 1. The summed E-state index contributed by atoms with van der Waals surface area (Å²) in [7, 11) is 8.53. The van der Waals surface area contributed by atoms with E-state index in [-0.39, 0.29) is 5.82 Å². The normalized spacial score (nSPS) is 17.6. The predicted octanol–water partition coefficient (Wildman–Crippen LogP) is 5.61. The molecule has 4 aromatic rings. The van der Waals surface area contributed by atoms with E-state index in [2.05, 4.69) is 84.8 Å². The quantitative estimate of drug-likeness (QED) is 0.182. The lowest BCUT2D eigenvalue weighted by atomic mass is 10.0. The first kappa shape index (κ1) is 35.0. The van der Waals surface area contributed by atoms with Gasteiger partial charge in [0.2, 0.25) is 5.95 Å². The van der Waals surface area contributed by atoms with Crippen LogP contribution in [0.3, 0.4) is 0 Å². The van der Waals surface area contributed by atoms with Crippen LogP contribution in [-0.2, 0) is 0 Å². The van der Waals surface area contributed by atoms with Crippen molar-refractivity contribution in [3.05, 3.63) is 64.7 Å². The lowest BCUT2D eigenvalue weighted by molar-refractivity contribution is -0.389. The third-order valence-corrected chi connectivity index (χ3v) is 10.4. The Labute approximate surface area is 293 Å². The van der Waals surface area contributed by atoms with Crippen LogP contribution in [-0.4, -0.2) is 106 Å². The summed E-state index contributed by atoms with van der Waals surface area (Å²) < 4.78 is 2.10. The molecule has 3 aliphatic rings. The van der Waals surface area contributed by atoms with Gasteiger partial charge in [-0.25, -0.2) is 9.97 Å². The van der Waals surface area contributed by atoms with Crippen molar-refractivity contribution < 1.29 is 4.92 Å². The van der Waals surface area contributed by atoms with Gasteiger partial charge in [0, 0.05) is 62.0 Å². The standard InChI is InChI=1S/C24H30N8.C12H18N4O2/c1-30(2)18-9-11-31(12-10-18)20-7-8-22(26-16-20)28-24-27-15-17-13-21(14-25)32(23(17)29-24)19-5-3-4-6-19;1-14(2)10-5-7-15(8-6-10)11-3-4-12(13-9-11)16(17)18/h7-8,13,15-16,18-19H,3-6,9-12H2,1-2H3,(H,26,27,28,29);3-4,9-10H,5-8H2,1-2H3. The Bertz CT molecular complexity index is 1760. The van der Waals surface area contributed by atoms with E-state index in [1.165, 1.54) is 31.7 Å². The third-order valence-electron chi connectivity index (χ3n) is 10.4. The zero-order chi connectivity index (χ0) is 35.2. The van der Waals surface area contributed by atoms with Crippen molar-refractivity contribution in [1.29, 1.82) is 5.26 Å². The summed E-state index contributed by atoms with van der Waals surface area (Å²) in [5.74, 6) is 1.13. The van der Waals surface area contributed by atoms with Gasteiger partial charge >= 0.3 is 5.82 Å². The molecule has 14 heteroatoms. The van der Waals surface area contributed by atoms with Crippen LogP contribution in [0.25, 0.3) is 11.0 Å². The summed E-state index contributed by atoms with van der Waals surface area (Å²) in [4.78, 5) is 36.9. The molecule has 14 nitrogen and oxygen atoms in total. The Hall–Kier alpha value is -4.87. The molecule has 1 saturated carbocycles. The van der Waals surface area contributed by atoms with Crippen molar-refractivity contribution in [2.24, 2.45) is 0 Å². The second kappa shape index (κ2) is 15.8. The molecular formula is C36H48N12O2. The average Bonchev–Trinajstić information content (AvgIpc) is 3.80. The minimum atomic E-state index is -0.470. The molecule has 1 aliphatic carbocycles. The topological polar surface area (TPSA) is 148 Å². The summed E-state index contributed by atoms with van der Waals surface area (Å²) in [5.41, 5.74) is 3.61. The number of aromatic nitrogens is 5. The molecule has 50 heavy (non-hydrogen) atoms. The number of nitrogens with one attached hydrogen (secondary N) is 1. The molecule has 0 spiro atoms. The SMILES string of the molecule is CN(C)C1CCN(c2ccc(Nc3ncc4cc(C#N)n(C5CCCC5)c4n3)nc2)CC1.CN(C)C1CCN(c2ccc([N+](=O)[O-])nc2)CC1. The van der Waals surface area contributed by atoms with Crippen LogP contribution < -0.4 is 15.1 Å². The molecule has 0 unspecified atom stereocenters. The number of nitrogens with zero attached hydrogens (tertiary/aromatic N) is 11. The zero-order valence-corrected chi connectivity index (χ0v) is 29.6. The highest BCUT2D eigenvalue weighted by molar-refractivity contribution is 5.79. The van der Waals surface area contributed by atoms with Gasteiger partial charge in [-0.05, 0) is 101 Å². The molecule has 264 valence electrons. The summed E-state index contributed by atoms with van der Waals surface area (Å²) in [5, 5.41) is 24.3. The zero-order valence-electron chi connectivity index (χ0n) is 29.6. The van der Waals surface area contributed by atoms with Gasteiger partial charge in [0.05, 0.1) is 17.6 Å². The van der Waals surface area contributed by atoms with Crippen LogP contribution in [0.2, 0.25) is 0 Å². The fourth-order valence-electron chi connectivity index (χ4n) is 7.40. The van der Waals surface area contributed by atoms with Gasteiger partial charge in [0.1, 0.15) is 23.2 Å². The van der Waals surface area contributed by atoms with Crippen molar-refractivity contribution >= 4 is 40.0 Å². The first-order valence-electron chi connectivity index (χ1n) is 17.6. The molecule has 2 saturated heterocycles. The number of fused-ring (bicyclic) bond motifs is 1. The molecular weight excluding hydrogens is 632 g/mol. The van der Waals surface area contributed by atoms with Crippen molar-refractivity contribution in [2.75, 3.05) is 69.5 Å². The van der Waals surface area contributed by atoms with Crippen LogP contribution >= 0.6 is 0 Å². The van der Waals surface area contributed by atoms with E-state index in [9.17, 15) is 15.4 Å². The highest BCUT2D eigenvalue weighted by Crippen LogP contribution is 2.34. The highest BCUT2D eigenvalue weighted by atomic mass is 16.6. The lowest BCUT2D eigenvalue weighted by Gasteiger charge is -2.36. The van der Waals surface area contributed by atoms with Gasteiger partial charge < -0.3 is 39.6 Å². The van der Waals surface area contributed by atoms with Gasteiger partial charge in [0.25, 0.3) is 0 Å². The van der Waals surface area contributed by atoms with Crippen LogP contribution in [0, 0.1) is 21.4 Å². The minimum absolute atomic E-state index is 0.0954. The van der Waals surface area contributed by atoms with Crippen molar-refractivity contribution in [2.45, 2.75) is 69.5 Å². The van der Waals surface area contributed by atoms with E-state index in [4.69, 9.17) is 4.98 Å². The summed E-state index contributed by atoms with van der Waals surface area (Å²) in [6.07, 6.45) is 14.5. The predicted molar refractivity (Wildman–Crippen MR) is 196 cm³/mol. The molecule has 0 bridgehead atoms. The van der Waals surface area contributed by atoms with E-state index in [0.717, 1.165) is 80.1 Å². The Morgan fingerprint density at radius 1 is 0.820 bits per heavy atom. The Morgan fingerprint density at radius 3 is 1.88 bits per heavy atom. The number of anilines is 4. The second-order valence-corrected chi connectivity index (χ2v) is 13.9. The first-order chi connectivity index (χ1) is 24.2. The monoisotopic (exact) mass is 680 g/mol. The van der Waals surface area contributed by atoms with E-state index >= 15 is 0 Å². The third kappa shape index (κ3) is 8.11. The molecule has 0 radical (unpaired) electrons. The molecule has 0 atom stereocenters. The number of rotatable bonds is 8. The first-order valence-corrected chi connectivity index (χ1v) is 17.6. The number of nitriles is 1. The Balaban J connectivity index is 0.000000204. The molecule has 3 fully saturated rings. The van der Waals surface area contributed by atoms with Gasteiger partial charge in [0.15, 0.2) is 6.20 Å². The molecule has 4 aromatic heterocycles. The van der Waals surface area contributed by atoms with Crippen molar-refractivity contribution in [1.82, 2.24) is 34.3 Å². The fourth-order valence-corrected chi connectivity index (χ4v) is 7.40. The molecule has 2 aliphatic heterocycles. The Kier molecular flexibility index (Phi) is 11.0. The maximum Gasteiger partial charge on any atom is 0.363 e. The van der Waals surface area contributed by atoms with Gasteiger partial charge in [-0.3, -0.25) is 0 Å². The highest BCUT2D eigenvalue weighted by Gasteiger charge is 2.24. The summed E-state index contributed by atoms with van der Waals surface area (Å²) in [6, 6.07) is 13.2. The van der Waals surface area contributed by atoms with Gasteiger partial charge in [-0.1, -0.05) is 12.8 Å². The number of hydrogen-bond donors (Lipinski definition) is 1. The molecule has 0 amide bonds. The lowest BCUT2D eigenvalue weighted by Crippen LogP contribution is -2.42. The molecule has 7 rings (SSSR count). The maximum atomic E-state index is 10.5. The minimum Gasteiger partial charge on any atom is -0.370 e.